The number of urea groups is 1. The number of sulfonamides is 1. The van der Waals surface area contributed by atoms with E-state index < -0.39 is 28.1 Å². The number of amides is 2. The van der Waals surface area contributed by atoms with Gasteiger partial charge in [-0.15, -0.1) is 0 Å². The fourth-order valence-electron chi connectivity index (χ4n) is 2.26. The van der Waals surface area contributed by atoms with Gasteiger partial charge in [-0.3, -0.25) is 0 Å². The SMILES string of the molecule is COC(=O)[C@H](NC(=O)N1CCN(S(C)(=O)=O)C1)c1ccccc1. The summed E-state index contributed by atoms with van der Waals surface area (Å²) in [6.07, 6.45) is 1.09. The molecular weight excluding hydrogens is 322 g/mol. The fraction of sp³-hybridized carbons (Fsp3) is 0.429. The van der Waals surface area contributed by atoms with Gasteiger partial charge < -0.3 is 15.0 Å². The third-order valence-electron chi connectivity index (χ3n) is 3.54. The minimum absolute atomic E-state index is 0.0344. The molecule has 2 amide bonds. The molecule has 1 aliphatic heterocycles. The highest BCUT2D eigenvalue weighted by Crippen LogP contribution is 2.16. The number of rotatable bonds is 4. The molecule has 0 bridgehead atoms. The van der Waals surface area contributed by atoms with Crippen molar-refractivity contribution in [2.75, 3.05) is 33.1 Å². The first kappa shape index (κ1) is 17.2. The highest BCUT2D eigenvalue weighted by Gasteiger charge is 2.32. The van der Waals surface area contributed by atoms with Crippen molar-refractivity contribution >= 4 is 22.0 Å². The molecule has 0 radical (unpaired) electrons. The highest BCUT2D eigenvalue weighted by atomic mass is 32.2. The minimum atomic E-state index is -3.35. The van der Waals surface area contributed by atoms with E-state index in [9.17, 15) is 18.0 Å². The molecule has 0 unspecified atom stereocenters. The topological polar surface area (TPSA) is 96.0 Å². The highest BCUT2D eigenvalue weighted by molar-refractivity contribution is 7.88. The number of esters is 1. The Morgan fingerprint density at radius 2 is 1.87 bits per heavy atom. The van der Waals surface area contributed by atoms with Gasteiger partial charge in [-0.1, -0.05) is 30.3 Å². The smallest absolute Gasteiger partial charge is 0.333 e. The van der Waals surface area contributed by atoms with Crippen molar-refractivity contribution in [1.29, 1.82) is 0 Å². The second kappa shape index (κ2) is 6.97. The van der Waals surface area contributed by atoms with E-state index in [0.717, 1.165) is 6.26 Å². The van der Waals surface area contributed by atoms with Crippen molar-refractivity contribution < 1.29 is 22.7 Å². The molecule has 0 spiro atoms. The predicted octanol–water partition coefficient (Wildman–Crippen LogP) is 0.145. The average Bonchev–Trinajstić information content (AvgIpc) is 3.03. The zero-order valence-electron chi connectivity index (χ0n) is 12.9. The Morgan fingerprint density at radius 3 is 2.39 bits per heavy atom. The molecule has 8 nitrogen and oxygen atoms in total. The molecule has 1 fully saturated rings. The Bertz CT molecular complexity index is 677. The van der Waals surface area contributed by atoms with Gasteiger partial charge in [-0.05, 0) is 5.56 Å². The van der Waals surface area contributed by atoms with Gasteiger partial charge in [0.1, 0.15) is 0 Å². The number of ether oxygens (including phenoxy) is 1. The molecule has 126 valence electrons. The maximum absolute atomic E-state index is 12.3. The summed E-state index contributed by atoms with van der Waals surface area (Å²) < 4.78 is 28.9. The van der Waals surface area contributed by atoms with Crippen LogP contribution < -0.4 is 5.32 Å². The zero-order chi connectivity index (χ0) is 17.0. The van der Waals surface area contributed by atoms with E-state index in [1.807, 2.05) is 0 Å². The number of hydrogen-bond acceptors (Lipinski definition) is 5. The lowest BCUT2D eigenvalue weighted by Gasteiger charge is -2.22. The molecule has 1 atom stereocenters. The summed E-state index contributed by atoms with van der Waals surface area (Å²) in [5.74, 6) is -0.594. The zero-order valence-corrected chi connectivity index (χ0v) is 13.7. The second-order valence-corrected chi connectivity index (χ2v) is 7.14. The maximum Gasteiger partial charge on any atom is 0.333 e. The van der Waals surface area contributed by atoms with Gasteiger partial charge in [0.25, 0.3) is 0 Å². The lowest BCUT2D eigenvalue weighted by atomic mass is 10.1. The van der Waals surface area contributed by atoms with Crippen molar-refractivity contribution in [3.05, 3.63) is 35.9 Å². The van der Waals surface area contributed by atoms with E-state index in [0.29, 0.717) is 5.56 Å². The van der Waals surface area contributed by atoms with Gasteiger partial charge in [0.15, 0.2) is 6.04 Å². The molecule has 1 saturated heterocycles. The quantitative estimate of drug-likeness (QED) is 0.786. The molecule has 9 heteroatoms. The van der Waals surface area contributed by atoms with Crippen LogP contribution in [0, 0.1) is 0 Å². The van der Waals surface area contributed by atoms with Crippen molar-refractivity contribution in [3.8, 4) is 0 Å². The summed E-state index contributed by atoms with van der Waals surface area (Å²) in [6.45, 7) is 0.468. The number of nitrogens with one attached hydrogen (secondary N) is 1. The third-order valence-corrected chi connectivity index (χ3v) is 4.78. The summed E-state index contributed by atoms with van der Waals surface area (Å²) in [4.78, 5) is 25.6. The summed E-state index contributed by atoms with van der Waals surface area (Å²) in [6, 6.07) is 7.24. The molecular formula is C14H19N3O5S. The number of nitrogens with zero attached hydrogens (tertiary/aromatic N) is 2. The molecule has 1 N–H and O–H groups in total. The van der Waals surface area contributed by atoms with Gasteiger partial charge in [-0.25, -0.2) is 18.0 Å². The maximum atomic E-state index is 12.3. The van der Waals surface area contributed by atoms with Crippen molar-refractivity contribution in [1.82, 2.24) is 14.5 Å². The van der Waals surface area contributed by atoms with Crippen LogP contribution in [0.1, 0.15) is 11.6 Å². The van der Waals surface area contributed by atoms with Gasteiger partial charge in [0, 0.05) is 13.1 Å². The number of hydrogen-bond donors (Lipinski definition) is 1. The summed E-state index contributed by atoms with van der Waals surface area (Å²) in [5.41, 5.74) is 0.590. The first-order chi connectivity index (χ1) is 10.8. The monoisotopic (exact) mass is 341 g/mol. The Kier molecular flexibility index (Phi) is 5.22. The molecule has 23 heavy (non-hydrogen) atoms. The molecule has 1 aromatic rings. The number of methoxy groups -OCH3 is 1. The van der Waals surface area contributed by atoms with Gasteiger partial charge in [0.05, 0.1) is 20.0 Å². The Morgan fingerprint density at radius 1 is 1.22 bits per heavy atom. The Hall–Kier alpha value is -2.13. The Labute approximate surface area is 135 Å². The summed E-state index contributed by atoms with van der Waals surface area (Å²) in [7, 11) is -2.11. The van der Waals surface area contributed by atoms with E-state index >= 15 is 0 Å². The van der Waals surface area contributed by atoms with Crippen molar-refractivity contribution in [2.45, 2.75) is 6.04 Å². The standard InChI is InChI=1S/C14H19N3O5S/c1-22-13(18)12(11-6-4-3-5-7-11)15-14(19)16-8-9-17(10-16)23(2,20)21/h3-7,12H,8-10H2,1-2H3,(H,15,19)/t12-/m1/s1. The summed E-state index contributed by atoms with van der Waals surface area (Å²) in [5, 5.41) is 2.59. The van der Waals surface area contributed by atoms with Crippen LogP contribution in [0.15, 0.2) is 30.3 Å². The van der Waals surface area contributed by atoms with Gasteiger partial charge in [-0.2, -0.15) is 4.31 Å². The largest absolute Gasteiger partial charge is 0.467 e. The first-order valence-electron chi connectivity index (χ1n) is 6.96. The molecule has 1 heterocycles. The van der Waals surface area contributed by atoms with E-state index in [1.165, 1.54) is 16.3 Å². The van der Waals surface area contributed by atoms with Crippen molar-refractivity contribution in [2.24, 2.45) is 0 Å². The average molecular weight is 341 g/mol. The summed E-state index contributed by atoms with van der Waals surface area (Å²) >= 11 is 0. The number of carbonyl (C=O) groups excluding carboxylic acids is 2. The molecule has 0 saturated carbocycles. The lowest BCUT2D eigenvalue weighted by Crippen LogP contribution is -2.44. The second-order valence-electron chi connectivity index (χ2n) is 5.16. The van der Waals surface area contributed by atoms with E-state index in [4.69, 9.17) is 4.74 Å². The third kappa shape index (κ3) is 4.20. The van der Waals surface area contributed by atoms with E-state index in [-0.39, 0.29) is 19.8 Å². The van der Waals surface area contributed by atoms with Crippen LogP contribution in [0.2, 0.25) is 0 Å². The Balaban J connectivity index is 2.09. The van der Waals surface area contributed by atoms with Crippen LogP contribution in [-0.2, 0) is 19.6 Å². The lowest BCUT2D eigenvalue weighted by molar-refractivity contribution is -0.143. The number of benzene rings is 1. The normalized spacial score (nSPS) is 16.9. The molecule has 1 aromatic carbocycles. The van der Waals surface area contributed by atoms with Crippen molar-refractivity contribution in [3.63, 3.8) is 0 Å². The molecule has 2 rings (SSSR count). The first-order valence-corrected chi connectivity index (χ1v) is 8.81. The predicted molar refractivity (Wildman–Crippen MR) is 82.9 cm³/mol. The van der Waals surface area contributed by atoms with Crippen LogP contribution >= 0.6 is 0 Å². The minimum Gasteiger partial charge on any atom is -0.467 e. The van der Waals surface area contributed by atoms with Crippen LogP contribution in [0.3, 0.4) is 0 Å². The molecule has 0 aromatic heterocycles. The van der Waals surface area contributed by atoms with Crippen LogP contribution in [0.4, 0.5) is 4.79 Å². The molecule has 0 aliphatic carbocycles. The number of carbonyl (C=O) groups is 2. The van der Waals surface area contributed by atoms with Crippen LogP contribution in [0.25, 0.3) is 0 Å². The van der Waals surface area contributed by atoms with Gasteiger partial charge in [0.2, 0.25) is 10.0 Å². The van der Waals surface area contributed by atoms with Crippen LogP contribution in [0.5, 0.6) is 0 Å². The van der Waals surface area contributed by atoms with E-state index in [1.54, 1.807) is 30.3 Å². The van der Waals surface area contributed by atoms with Gasteiger partial charge >= 0.3 is 12.0 Å². The van der Waals surface area contributed by atoms with Crippen LogP contribution in [-0.4, -0.2) is 62.7 Å². The molecule has 1 aliphatic rings. The fourth-order valence-corrected chi connectivity index (χ4v) is 3.02. The van der Waals surface area contributed by atoms with E-state index in [2.05, 4.69) is 5.32 Å².